The molecule has 0 aromatic heterocycles. The van der Waals surface area contributed by atoms with Crippen molar-refractivity contribution in [3.05, 3.63) is 35.9 Å². The van der Waals surface area contributed by atoms with Crippen molar-refractivity contribution >= 4 is 0 Å². The second-order valence-corrected chi connectivity index (χ2v) is 5.50. The minimum absolute atomic E-state index is 0.372. The molecular weight excluding hydrogens is 210 g/mol. The van der Waals surface area contributed by atoms with Crippen molar-refractivity contribution < 1.29 is 5.11 Å². The van der Waals surface area contributed by atoms with Crippen LogP contribution in [0.15, 0.2) is 30.3 Å². The van der Waals surface area contributed by atoms with Gasteiger partial charge in [-0.2, -0.15) is 0 Å². The Balaban J connectivity index is 1.58. The van der Waals surface area contributed by atoms with E-state index in [4.69, 9.17) is 0 Å². The number of benzene rings is 1. The van der Waals surface area contributed by atoms with Crippen LogP contribution in [0.25, 0.3) is 0 Å². The van der Waals surface area contributed by atoms with E-state index in [9.17, 15) is 5.11 Å². The van der Waals surface area contributed by atoms with E-state index in [1.54, 1.807) is 0 Å². The van der Waals surface area contributed by atoms with Crippen LogP contribution < -0.4 is 0 Å². The van der Waals surface area contributed by atoms with Gasteiger partial charge in [-0.3, -0.25) is 4.90 Å². The molecule has 1 N–H and O–H groups in total. The van der Waals surface area contributed by atoms with E-state index < -0.39 is 0 Å². The topological polar surface area (TPSA) is 23.5 Å². The van der Waals surface area contributed by atoms with Gasteiger partial charge in [0.2, 0.25) is 0 Å². The molecule has 2 nitrogen and oxygen atoms in total. The molecule has 2 unspecified atom stereocenters. The first-order chi connectivity index (χ1) is 8.38. The van der Waals surface area contributed by atoms with Crippen molar-refractivity contribution in [1.29, 1.82) is 0 Å². The molecule has 1 saturated carbocycles. The number of likely N-dealkylation sites (tertiary alicyclic amines) is 1. The van der Waals surface area contributed by atoms with Crippen LogP contribution >= 0.6 is 0 Å². The molecule has 3 rings (SSSR count). The summed E-state index contributed by atoms with van der Waals surface area (Å²) in [4.78, 5) is 2.57. The van der Waals surface area contributed by atoms with Crippen LogP contribution in [0.4, 0.5) is 0 Å². The lowest BCUT2D eigenvalue weighted by Gasteiger charge is -2.45. The number of hydrogen-bond acceptors (Lipinski definition) is 2. The minimum atomic E-state index is 0.372. The van der Waals surface area contributed by atoms with Crippen LogP contribution in [-0.2, 0) is 0 Å². The molecule has 0 spiro atoms. The van der Waals surface area contributed by atoms with Crippen molar-refractivity contribution in [2.24, 2.45) is 5.92 Å². The van der Waals surface area contributed by atoms with Crippen molar-refractivity contribution in [3.63, 3.8) is 0 Å². The van der Waals surface area contributed by atoms with Gasteiger partial charge in [0.25, 0.3) is 0 Å². The molecule has 0 radical (unpaired) electrons. The predicted molar refractivity (Wildman–Crippen MR) is 69.0 cm³/mol. The first-order valence-electron chi connectivity index (χ1n) is 6.78. The highest BCUT2D eigenvalue weighted by Crippen LogP contribution is 2.36. The molecule has 1 aliphatic carbocycles. The maximum atomic E-state index is 9.36. The molecular formula is C15H21NO. The van der Waals surface area contributed by atoms with E-state index in [2.05, 4.69) is 35.2 Å². The molecule has 2 aliphatic rings. The number of rotatable bonds is 3. The molecule has 92 valence electrons. The van der Waals surface area contributed by atoms with Gasteiger partial charge in [-0.25, -0.2) is 0 Å². The van der Waals surface area contributed by atoms with Gasteiger partial charge >= 0.3 is 0 Å². The molecule has 0 bridgehead atoms. The van der Waals surface area contributed by atoms with Gasteiger partial charge in [0, 0.05) is 31.7 Å². The zero-order valence-electron chi connectivity index (χ0n) is 10.3. The molecule has 0 amide bonds. The van der Waals surface area contributed by atoms with Crippen LogP contribution in [0.5, 0.6) is 0 Å². The molecule has 1 saturated heterocycles. The third-order valence-electron chi connectivity index (χ3n) is 4.50. The second kappa shape index (κ2) is 4.79. The Bertz CT molecular complexity index is 358. The molecule has 2 heteroatoms. The van der Waals surface area contributed by atoms with Crippen LogP contribution in [0.1, 0.15) is 30.7 Å². The predicted octanol–water partition coefficient (Wildman–Crippen LogP) is 2.25. The highest BCUT2D eigenvalue weighted by Gasteiger charge is 2.38. The standard InChI is InChI=1S/C15H21NO/c17-11-13-7-4-8-15(13)16-9-14(10-16)12-5-2-1-3-6-12/h1-3,5-6,13-15,17H,4,7-11H2. The zero-order valence-corrected chi connectivity index (χ0v) is 10.3. The maximum absolute atomic E-state index is 9.36. The van der Waals surface area contributed by atoms with Crippen LogP contribution in [-0.4, -0.2) is 35.7 Å². The highest BCUT2D eigenvalue weighted by molar-refractivity contribution is 5.23. The summed E-state index contributed by atoms with van der Waals surface area (Å²) in [6.07, 6.45) is 3.79. The van der Waals surface area contributed by atoms with Crippen LogP contribution in [0, 0.1) is 5.92 Å². The third-order valence-corrected chi connectivity index (χ3v) is 4.50. The van der Waals surface area contributed by atoms with Crippen molar-refractivity contribution in [3.8, 4) is 0 Å². The van der Waals surface area contributed by atoms with Gasteiger partial charge in [-0.05, 0) is 24.3 Å². The van der Waals surface area contributed by atoms with E-state index in [-0.39, 0.29) is 0 Å². The fourth-order valence-electron chi connectivity index (χ4n) is 3.43. The van der Waals surface area contributed by atoms with E-state index in [1.807, 2.05) is 0 Å². The fraction of sp³-hybridized carbons (Fsp3) is 0.600. The summed E-state index contributed by atoms with van der Waals surface area (Å²) in [6.45, 7) is 2.74. The van der Waals surface area contributed by atoms with Crippen molar-refractivity contribution in [2.45, 2.75) is 31.2 Å². The van der Waals surface area contributed by atoms with Gasteiger partial charge in [0.1, 0.15) is 0 Å². The molecule has 17 heavy (non-hydrogen) atoms. The van der Waals surface area contributed by atoms with Crippen molar-refractivity contribution in [1.82, 2.24) is 4.90 Å². The van der Waals surface area contributed by atoms with Crippen LogP contribution in [0.2, 0.25) is 0 Å². The second-order valence-electron chi connectivity index (χ2n) is 5.50. The van der Waals surface area contributed by atoms with Gasteiger partial charge in [0.15, 0.2) is 0 Å². The Hall–Kier alpha value is -0.860. The first kappa shape index (κ1) is 11.2. The summed E-state index contributed by atoms with van der Waals surface area (Å²) in [5.41, 5.74) is 1.47. The summed E-state index contributed by atoms with van der Waals surface area (Å²) < 4.78 is 0. The van der Waals surface area contributed by atoms with Crippen molar-refractivity contribution in [2.75, 3.05) is 19.7 Å². The Kier molecular flexibility index (Phi) is 3.17. The average Bonchev–Trinajstić information content (AvgIpc) is 2.77. The summed E-state index contributed by atoms with van der Waals surface area (Å²) >= 11 is 0. The van der Waals surface area contributed by atoms with E-state index in [0.29, 0.717) is 18.6 Å². The van der Waals surface area contributed by atoms with Gasteiger partial charge in [-0.1, -0.05) is 36.8 Å². The quantitative estimate of drug-likeness (QED) is 0.862. The Labute approximate surface area is 103 Å². The Morgan fingerprint density at radius 3 is 2.59 bits per heavy atom. The molecule has 1 heterocycles. The monoisotopic (exact) mass is 231 g/mol. The molecule has 1 aromatic carbocycles. The van der Waals surface area contributed by atoms with E-state index in [0.717, 1.165) is 5.92 Å². The van der Waals surface area contributed by atoms with Gasteiger partial charge in [-0.15, -0.1) is 0 Å². The Morgan fingerprint density at radius 1 is 1.12 bits per heavy atom. The lowest BCUT2D eigenvalue weighted by atomic mass is 9.88. The van der Waals surface area contributed by atoms with Crippen LogP contribution in [0.3, 0.4) is 0 Å². The van der Waals surface area contributed by atoms with Gasteiger partial charge < -0.3 is 5.11 Å². The summed E-state index contributed by atoms with van der Waals surface area (Å²) in [7, 11) is 0. The van der Waals surface area contributed by atoms with E-state index >= 15 is 0 Å². The number of hydrogen-bond donors (Lipinski definition) is 1. The summed E-state index contributed by atoms with van der Waals surface area (Å²) in [5.74, 6) is 1.25. The smallest absolute Gasteiger partial charge is 0.0474 e. The highest BCUT2D eigenvalue weighted by atomic mass is 16.3. The lowest BCUT2D eigenvalue weighted by molar-refractivity contribution is 0.0507. The number of aliphatic hydroxyl groups excluding tert-OH is 1. The van der Waals surface area contributed by atoms with Gasteiger partial charge in [0.05, 0.1) is 0 Å². The minimum Gasteiger partial charge on any atom is -0.396 e. The Morgan fingerprint density at radius 2 is 1.88 bits per heavy atom. The fourth-order valence-corrected chi connectivity index (χ4v) is 3.43. The SMILES string of the molecule is OCC1CCCC1N1CC(c2ccccc2)C1. The third kappa shape index (κ3) is 2.12. The largest absolute Gasteiger partial charge is 0.396 e. The summed E-state index contributed by atoms with van der Waals surface area (Å²) in [6, 6.07) is 11.5. The molecule has 1 aromatic rings. The summed E-state index contributed by atoms with van der Waals surface area (Å²) in [5, 5.41) is 9.36. The lowest BCUT2D eigenvalue weighted by Crippen LogP contribution is -2.52. The van der Waals surface area contributed by atoms with E-state index in [1.165, 1.54) is 37.9 Å². The first-order valence-corrected chi connectivity index (χ1v) is 6.78. The molecule has 1 aliphatic heterocycles. The molecule has 2 atom stereocenters. The number of aliphatic hydroxyl groups is 1. The molecule has 2 fully saturated rings. The maximum Gasteiger partial charge on any atom is 0.0474 e. The normalized spacial score (nSPS) is 30.4. The number of nitrogens with zero attached hydrogens (tertiary/aromatic N) is 1. The average molecular weight is 231 g/mol. The zero-order chi connectivity index (χ0) is 11.7.